The van der Waals surface area contributed by atoms with Gasteiger partial charge in [0.1, 0.15) is 24.7 Å². The lowest BCUT2D eigenvalue weighted by Gasteiger charge is -2.23. The van der Waals surface area contributed by atoms with Crippen molar-refractivity contribution in [1.29, 1.82) is 0 Å². The Morgan fingerprint density at radius 3 is 1.69 bits per heavy atom. The van der Waals surface area contributed by atoms with Crippen molar-refractivity contribution >= 4 is 0 Å². The quantitative estimate of drug-likeness (QED) is 0.644. The van der Waals surface area contributed by atoms with Crippen molar-refractivity contribution in [1.82, 2.24) is 10.2 Å². The number of likely N-dealkylation sites (tertiary alicyclic amines) is 1. The molecule has 1 N–H and O–H groups in total. The van der Waals surface area contributed by atoms with Crippen molar-refractivity contribution in [3.63, 3.8) is 0 Å². The number of para-hydroxylation sites is 2. The largest absolute Gasteiger partial charge is 0.491 e. The van der Waals surface area contributed by atoms with Gasteiger partial charge < -0.3 is 19.7 Å². The molecule has 0 spiro atoms. The van der Waals surface area contributed by atoms with Crippen LogP contribution in [0.25, 0.3) is 0 Å². The average Bonchev–Trinajstić information content (AvgIpc) is 3.20. The lowest BCUT2D eigenvalue weighted by Crippen LogP contribution is -2.43. The molecule has 3 rings (SSSR count). The van der Waals surface area contributed by atoms with Gasteiger partial charge in [-0.15, -0.1) is 0 Å². The normalized spacial score (nSPS) is 14.5. The minimum atomic E-state index is 0.135. The van der Waals surface area contributed by atoms with Crippen LogP contribution in [0.15, 0.2) is 36.4 Å². The summed E-state index contributed by atoms with van der Waals surface area (Å²) in [7, 11) is 0. The van der Waals surface area contributed by atoms with E-state index in [2.05, 4.69) is 74.3 Å². The van der Waals surface area contributed by atoms with Crippen molar-refractivity contribution in [2.75, 3.05) is 39.4 Å². The van der Waals surface area contributed by atoms with Crippen molar-refractivity contribution in [2.45, 2.75) is 46.6 Å². The lowest BCUT2D eigenvalue weighted by atomic mass is 10.1. The third-order valence-corrected chi connectivity index (χ3v) is 5.73. The maximum atomic E-state index is 6.25. The first-order valence-electron chi connectivity index (χ1n) is 10.9. The van der Waals surface area contributed by atoms with Crippen molar-refractivity contribution in [2.24, 2.45) is 0 Å². The van der Waals surface area contributed by atoms with E-state index in [4.69, 9.17) is 9.47 Å². The van der Waals surface area contributed by atoms with Crippen LogP contribution in [-0.2, 0) is 0 Å². The fraction of sp³-hybridized carbons (Fsp3) is 0.520. The van der Waals surface area contributed by atoms with E-state index in [1.165, 1.54) is 48.2 Å². The first-order chi connectivity index (χ1) is 14.0. The number of aryl methyl sites for hydroxylation is 4. The Morgan fingerprint density at radius 1 is 0.793 bits per heavy atom. The Balaban J connectivity index is 1.60. The Morgan fingerprint density at radius 2 is 1.24 bits per heavy atom. The zero-order chi connectivity index (χ0) is 20.6. The molecule has 1 saturated heterocycles. The van der Waals surface area contributed by atoms with Crippen molar-refractivity contribution < 1.29 is 9.47 Å². The monoisotopic (exact) mass is 396 g/mol. The molecule has 4 nitrogen and oxygen atoms in total. The van der Waals surface area contributed by atoms with E-state index >= 15 is 0 Å². The maximum absolute atomic E-state index is 6.25. The number of hydrogen-bond acceptors (Lipinski definition) is 4. The fourth-order valence-corrected chi connectivity index (χ4v) is 4.02. The van der Waals surface area contributed by atoms with E-state index in [1.54, 1.807) is 0 Å². The van der Waals surface area contributed by atoms with Crippen LogP contribution in [0, 0.1) is 27.7 Å². The van der Waals surface area contributed by atoms with Crippen LogP contribution < -0.4 is 14.8 Å². The molecule has 0 aliphatic carbocycles. The fourth-order valence-electron chi connectivity index (χ4n) is 4.02. The zero-order valence-electron chi connectivity index (χ0n) is 18.5. The summed E-state index contributed by atoms with van der Waals surface area (Å²) in [4.78, 5) is 2.53. The summed E-state index contributed by atoms with van der Waals surface area (Å²) in [6.45, 7) is 14.1. The highest BCUT2D eigenvalue weighted by Gasteiger charge is 2.16. The Bertz CT molecular complexity index is 688. The number of rotatable bonds is 10. The van der Waals surface area contributed by atoms with Gasteiger partial charge in [-0.3, -0.25) is 0 Å². The lowest BCUT2D eigenvalue weighted by molar-refractivity contribution is 0.189. The summed E-state index contributed by atoms with van der Waals surface area (Å²) >= 11 is 0. The second kappa shape index (κ2) is 10.7. The molecule has 0 radical (unpaired) electrons. The third kappa shape index (κ3) is 6.22. The maximum Gasteiger partial charge on any atom is 0.125 e. The van der Waals surface area contributed by atoms with Gasteiger partial charge in [0.15, 0.2) is 0 Å². The SMILES string of the molecule is Cc1cccc(C)c1OCC(COc1c(C)cccc1C)NCCN1CCCC1. The summed E-state index contributed by atoms with van der Waals surface area (Å²) in [6.07, 6.45) is 2.66. The van der Waals surface area contributed by atoms with Crippen LogP contribution in [0.1, 0.15) is 35.1 Å². The minimum absolute atomic E-state index is 0.135. The first-order valence-corrected chi connectivity index (χ1v) is 10.9. The van der Waals surface area contributed by atoms with E-state index < -0.39 is 0 Å². The number of hydrogen-bond donors (Lipinski definition) is 1. The molecule has 29 heavy (non-hydrogen) atoms. The number of nitrogens with one attached hydrogen (secondary N) is 1. The van der Waals surface area contributed by atoms with E-state index in [0.29, 0.717) is 13.2 Å². The molecule has 1 heterocycles. The van der Waals surface area contributed by atoms with Gasteiger partial charge in [-0.2, -0.15) is 0 Å². The highest BCUT2D eigenvalue weighted by Crippen LogP contribution is 2.24. The van der Waals surface area contributed by atoms with Crippen molar-refractivity contribution in [3.05, 3.63) is 58.7 Å². The van der Waals surface area contributed by atoms with E-state index in [1.807, 2.05) is 0 Å². The molecule has 4 heteroatoms. The highest BCUT2D eigenvalue weighted by molar-refractivity contribution is 5.40. The molecule has 158 valence electrons. The van der Waals surface area contributed by atoms with Crippen LogP contribution in [0.3, 0.4) is 0 Å². The van der Waals surface area contributed by atoms with Gasteiger partial charge in [0.2, 0.25) is 0 Å². The van der Waals surface area contributed by atoms with E-state index in [9.17, 15) is 0 Å². The van der Waals surface area contributed by atoms with E-state index in [0.717, 1.165) is 24.6 Å². The number of benzene rings is 2. The molecule has 0 atom stereocenters. The van der Waals surface area contributed by atoms with Gasteiger partial charge in [-0.25, -0.2) is 0 Å². The molecule has 0 unspecified atom stereocenters. The Labute approximate surface area is 176 Å². The summed E-state index contributed by atoms with van der Waals surface area (Å²) < 4.78 is 12.5. The predicted octanol–water partition coefficient (Wildman–Crippen LogP) is 4.43. The number of ether oxygens (including phenoxy) is 2. The van der Waals surface area contributed by atoms with Crippen LogP contribution in [0.5, 0.6) is 11.5 Å². The summed E-state index contributed by atoms with van der Waals surface area (Å²) in [6, 6.07) is 12.7. The molecule has 0 saturated carbocycles. The van der Waals surface area contributed by atoms with E-state index in [-0.39, 0.29) is 6.04 Å². The van der Waals surface area contributed by atoms with Gasteiger partial charge in [0.25, 0.3) is 0 Å². The van der Waals surface area contributed by atoms with Gasteiger partial charge in [-0.05, 0) is 75.9 Å². The van der Waals surface area contributed by atoms with Crippen LogP contribution in [-0.4, -0.2) is 50.3 Å². The number of nitrogens with zero attached hydrogens (tertiary/aromatic N) is 1. The van der Waals surface area contributed by atoms with Gasteiger partial charge >= 0.3 is 0 Å². The van der Waals surface area contributed by atoms with Crippen molar-refractivity contribution in [3.8, 4) is 11.5 Å². The summed E-state index contributed by atoms with van der Waals surface area (Å²) in [5.74, 6) is 1.98. The zero-order valence-corrected chi connectivity index (χ0v) is 18.5. The third-order valence-electron chi connectivity index (χ3n) is 5.73. The molecule has 0 amide bonds. The highest BCUT2D eigenvalue weighted by atomic mass is 16.5. The summed E-state index contributed by atoms with van der Waals surface area (Å²) in [5.41, 5.74) is 4.71. The standard InChI is InChI=1S/C25H36N2O2/c1-19-9-7-10-20(2)24(19)28-17-23(26-13-16-27-14-5-6-15-27)18-29-25-21(3)11-8-12-22(25)4/h7-12,23,26H,5-6,13-18H2,1-4H3. The van der Waals surface area contributed by atoms with Gasteiger partial charge in [0, 0.05) is 13.1 Å². The molecule has 2 aromatic rings. The molecule has 2 aromatic carbocycles. The topological polar surface area (TPSA) is 33.7 Å². The second-order valence-electron chi connectivity index (χ2n) is 8.26. The predicted molar refractivity (Wildman–Crippen MR) is 120 cm³/mol. The van der Waals surface area contributed by atoms with Crippen LogP contribution in [0.2, 0.25) is 0 Å². The van der Waals surface area contributed by atoms with Crippen LogP contribution >= 0.6 is 0 Å². The Hall–Kier alpha value is -2.04. The first kappa shape index (κ1) is 21.7. The van der Waals surface area contributed by atoms with Crippen LogP contribution in [0.4, 0.5) is 0 Å². The second-order valence-corrected chi connectivity index (χ2v) is 8.26. The van der Waals surface area contributed by atoms with Gasteiger partial charge in [-0.1, -0.05) is 36.4 Å². The molecule has 0 aromatic heterocycles. The molecular formula is C25H36N2O2. The Kier molecular flexibility index (Phi) is 7.96. The smallest absolute Gasteiger partial charge is 0.125 e. The molecule has 0 bridgehead atoms. The molecule has 1 aliphatic heterocycles. The average molecular weight is 397 g/mol. The van der Waals surface area contributed by atoms with Gasteiger partial charge in [0.05, 0.1) is 6.04 Å². The minimum Gasteiger partial charge on any atom is -0.491 e. The molecule has 1 aliphatic rings. The molecular weight excluding hydrogens is 360 g/mol. The molecule has 1 fully saturated rings. The summed E-state index contributed by atoms with van der Waals surface area (Å²) in [5, 5.41) is 3.67.